The standard InChI is InChI=1S/C9H7ClN2O/c1-12-7(5-13)8-6(9(12)10)3-2-4-11-8/h2-5H,1H3. The van der Waals surface area contributed by atoms with E-state index in [0.717, 1.165) is 11.7 Å². The van der Waals surface area contributed by atoms with Gasteiger partial charge >= 0.3 is 0 Å². The van der Waals surface area contributed by atoms with Crippen molar-refractivity contribution in [3.8, 4) is 0 Å². The number of rotatable bonds is 1. The highest BCUT2D eigenvalue weighted by Crippen LogP contribution is 2.26. The van der Waals surface area contributed by atoms with Gasteiger partial charge in [0.05, 0.1) is 0 Å². The number of nitrogens with zero attached hydrogens (tertiary/aromatic N) is 2. The molecule has 0 N–H and O–H groups in total. The molecule has 0 bridgehead atoms. The predicted octanol–water partition coefficient (Wildman–Crippen LogP) is 2.04. The molecule has 0 aliphatic heterocycles. The fraction of sp³-hybridized carbons (Fsp3) is 0.111. The zero-order valence-electron chi connectivity index (χ0n) is 6.99. The van der Waals surface area contributed by atoms with E-state index in [-0.39, 0.29) is 0 Å². The molecular formula is C9H7ClN2O. The van der Waals surface area contributed by atoms with Gasteiger partial charge < -0.3 is 4.57 Å². The molecule has 0 unspecified atom stereocenters. The van der Waals surface area contributed by atoms with Gasteiger partial charge in [0.2, 0.25) is 0 Å². The third-order valence-corrected chi connectivity index (χ3v) is 2.50. The first-order valence-corrected chi connectivity index (χ1v) is 4.17. The number of hydrogen-bond acceptors (Lipinski definition) is 2. The lowest BCUT2D eigenvalue weighted by molar-refractivity contribution is 0.111. The minimum absolute atomic E-state index is 0.514. The van der Waals surface area contributed by atoms with Crippen molar-refractivity contribution in [2.75, 3.05) is 0 Å². The van der Waals surface area contributed by atoms with Gasteiger partial charge in [-0.3, -0.25) is 9.78 Å². The predicted molar refractivity (Wildman–Crippen MR) is 51.1 cm³/mol. The minimum atomic E-state index is 0.514. The Morgan fingerprint density at radius 3 is 3.08 bits per heavy atom. The lowest BCUT2D eigenvalue weighted by Crippen LogP contribution is -1.94. The Morgan fingerprint density at radius 1 is 1.62 bits per heavy atom. The topological polar surface area (TPSA) is 34.9 Å². The molecule has 0 saturated carbocycles. The van der Waals surface area contributed by atoms with Crippen LogP contribution in [0.3, 0.4) is 0 Å². The maximum Gasteiger partial charge on any atom is 0.168 e. The largest absolute Gasteiger partial charge is 0.330 e. The SMILES string of the molecule is Cn1c(Cl)c2cccnc2c1C=O. The van der Waals surface area contributed by atoms with E-state index in [4.69, 9.17) is 11.6 Å². The van der Waals surface area contributed by atoms with E-state index < -0.39 is 0 Å². The van der Waals surface area contributed by atoms with Crippen molar-refractivity contribution in [3.05, 3.63) is 29.2 Å². The summed E-state index contributed by atoms with van der Waals surface area (Å²) in [6.07, 6.45) is 2.41. The Bertz CT molecular complexity index is 476. The van der Waals surface area contributed by atoms with E-state index in [1.54, 1.807) is 23.9 Å². The Balaban J connectivity index is 2.98. The second kappa shape index (κ2) is 2.85. The van der Waals surface area contributed by atoms with E-state index in [1.807, 2.05) is 6.07 Å². The lowest BCUT2D eigenvalue weighted by atomic mass is 10.3. The molecule has 2 aromatic heterocycles. The zero-order valence-corrected chi connectivity index (χ0v) is 7.75. The summed E-state index contributed by atoms with van der Waals surface area (Å²) in [5.74, 6) is 0. The molecule has 0 aliphatic rings. The molecule has 0 radical (unpaired) electrons. The van der Waals surface area contributed by atoms with Crippen LogP contribution in [0, 0.1) is 0 Å². The summed E-state index contributed by atoms with van der Waals surface area (Å²) < 4.78 is 1.63. The Hall–Kier alpha value is -1.35. The maximum absolute atomic E-state index is 10.7. The average molecular weight is 195 g/mol. The number of pyridine rings is 1. The second-order valence-electron chi connectivity index (χ2n) is 2.75. The van der Waals surface area contributed by atoms with Crippen LogP contribution >= 0.6 is 11.6 Å². The van der Waals surface area contributed by atoms with Crippen LogP contribution in [-0.2, 0) is 7.05 Å². The second-order valence-corrected chi connectivity index (χ2v) is 3.11. The third kappa shape index (κ3) is 1.04. The van der Waals surface area contributed by atoms with Crippen molar-refractivity contribution < 1.29 is 4.79 Å². The molecule has 0 aliphatic carbocycles. The van der Waals surface area contributed by atoms with Gasteiger partial charge in [0.1, 0.15) is 16.4 Å². The van der Waals surface area contributed by atoms with Crippen LogP contribution < -0.4 is 0 Å². The molecule has 13 heavy (non-hydrogen) atoms. The van der Waals surface area contributed by atoms with Crippen molar-refractivity contribution in [1.29, 1.82) is 0 Å². The molecule has 2 rings (SSSR count). The molecule has 0 fully saturated rings. The third-order valence-electron chi connectivity index (χ3n) is 2.04. The van der Waals surface area contributed by atoms with Crippen molar-refractivity contribution in [1.82, 2.24) is 9.55 Å². The fourth-order valence-electron chi connectivity index (χ4n) is 1.36. The quantitative estimate of drug-likeness (QED) is 0.652. The summed E-state index contributed by atoms with van der Waals surface area (Å²) in [6.45, 7) is 0. The normalized spacial score (nSPS) is 10.6. The van der Waals surface area contributed by atoms with Crippen LogP contribution in [0.25, 0.3) is 10.9 Å². The number of hydrogen-bond donors (Lipinski definition) is 0. The summed E-state index contributed by atoms with van der Waals surface area (Å²) in [7, 11) is 1.74. The van der Waals surface area contributed by atoms with E-state index in [2.05, 4.69) is 4.98 Å². The highest BCUT2D eigenvalue weighted by atomic mass is 35.5. The van der Waals surface area contributed by atoms with E-state index >= 15 is 0 Å². The lowest BCUT2D eigenvalue weighted by Gasteiger charge is -1.93. The van der Waals surface area contributed by atoms with Crippen molar-refractivity contribution in [2.24, 2.45) is 7.05 Å². The molecule has 2 heterocycles. The minimum Gasteiger partial charge on any atom is -0.330 e. The van der Waals surface area contributed by atoms with Crippen LogP contribution in [-0.4, -0.2) is 15.8 Å². The van der Waals surface area contributed by atoms with Crippen molar-refractivity contribution in [2.45, 2.75) is 0 Å². The van der Waals surface area contributed by atoms with E-state index in [1.165, 1.54) is 0 Å². The summed E-state index contributed by atoms with van der Waals surface area (Å²) in [5.41, 5.74) is 1.17. The Labute approximate surface area is 79.9 Å². The van der Waals surface area contributed by atoms with Crippen LogP contribution in [0.1, 0.15) is 10.5 Å². The number of aromatic nitrogens is 2. The number of carbonyl (C=O) groups excluding carboxylic acids is 1. The molecular weight excluding hydrogens is 188 g/mol. The van der Waals surface area contributed by atoms with Crippen LogP contribution in [0.15, 0.2) is 18.3 Å². The van der Waals surface area contributed by atoms with Gasteiger partial charge in [0.15, 0.2) is 6.29 Å². The maximum atomic E-state index is 10.7. The number of carbonyl (C=O) groups is 1. The molecule has 2 aromatic rings. The van der Waals surface area contributed by atoms with Crippen molar-refractivity contribution in [3.63, 3.8) is 0 Å². The van der Waals surface area contributed by atoms with Crippen LogP contribution in [0.4, 0.5) is 0 Å². The van der Waals surface area contributed by atoms with Gasteiger partial charge in [-0.05, 0) is 12.1 Å². The first-order chi connectivity index (χ1) is 6.25. The smallest absolute Gasteiger partial charge is 0.168 e. The molecule has 0 amide bonds. The molecule has 0 atom stereocenters. The van der Waals surface area contributed by atoms with E-state index in [9.17, 15) is 4.79 Å². The molecule has 3 nitrogen and oxygen atoms in total. The van der Waals surface area contributed by atoms with Crippen LogP contribution in [0.5, 0.6) is 0 Å². The van der Waals surface area contributed by atoms with Crippen LogP contribution in [0.2, 0.25) is 5.15 Å². The van der Waals surface area contributed by atoms with Gasteiger partial charge in [-0.1, -0.05) is 11.6 Å². The monoisotopic (exact) mass is 194 g/mol. The molecule has 0 aromatic carbocycles. The van der Waals surface area contributed by atoms with Gasteiger partial charge in [-0.2, -0.15) is 0 Å². The summed E-state index contributed by atoms with van der Waals surface area (Å²) >= 11 is 5.99. The molecule has 0 saturated heterocycles. The zero-order chi connectivity index (χ0) is 9.42. The van der Waals surface area contributed by atoms with Gasteiger partial charge in [0, 0.05) is 18.6 Å². The first kappa shape index (κ1) is 8.26. The average Bonchev–Trinajstić information content (AvgIpc) is 2.41. The highest BCUT2D eigenvalue weighted by molar-refractivity contribution is 6.35. The Morgan fingerprint density at radius 2 is 2.38 bits per heavy atom. The number of aldehydes is 1. The van der Waals surface area contributed by atoms with Gasteiger partial charge in [-0.15, -0.1) is 0 Å². The molecule has 66 valence electrons. The summed E-state index contributed by atoms with van der Waals surface area (Å²) in [4.78, 5) is 14.8. The number of halogens is 1. The molecule has 0 spiro atoms. The van der Waals surface area contributed by atoms with Crippen molar-refractivity contribution >= 4 is 28.8 Å². The summed E-state index contributed by atoms with van der Waals surface area (Å²) in [6, 6.07) is 3.64. The number of fused-ring (bicyclic) bond motifs is 1. The highest BCUT2D eigenvalue weighted by Gasteiger charge is 2.12. The fourth-order valence-corrected chi connectivity index (χ4v) is 1.60. The summed E-state index contributed by atoms with van der Waals surface area (Å²) in [5, 5.41) is 1.36. The van der Waals surface area contributed by atoms with Gasteiger partial charge in [0.25, 0.3) is 0 Å². The van der Waals surface area contributed by atoms with Gasteiger partial charge in [-0.25, -0.2) is 0 Å². The Kier molecular flexibility index (Phi) is 1.81. The van der Waals surface area contributed by atoms with E-state index in [0.29, 0.717) is 16.4 Å². The molecule has 4 heteroatoms. The first-order valence-electron chi connectivity index (χ1n) is 3.79.